The van der Waals surface area contributed by atoms with Crippen LogP contribution in [0.15, 0.2) is 0 Å². The fraction of sp³-hybridized carbons (Fsp3) is 0.900. The second-order valence-electron chi connectivity index (χ2n) is 10.7. The number of nitrogens with one attached hydrogen (secondary N) is 4. The average Bonchev–Trinajstić information content (AvgIpc) is 2.87. The Morgan fingerprint density at radius 2 is 1.05 bits per heavy atom. The third-order valence-corrected chi connectivity index (χ3v) is 6.97. The van der Waals surface area contributed by atoms with E-state index in [0.29, 0.717) is 32.4 Å². The maximum Gasteiger partial charge on any atom is 0.242 e. The Morgan fingerprint density at radius 3 is 1.54 bits per heavy atom. The molecule has 0 aliphatic heterocycles. The Balaban J connectivity index is 3.92. The molecule has 218 valence electrons. The van der Waals surface area contributed by atoms with Gasteiger partial charge in [0.15, 0.2) is 5.96 Å². The van der Waals surface area contributed by atoms with Crippen LogP contribution in [0.25, 0.3) is 0 Å². The van der Waals surface area contributed by atoms with E-state index in [1.54, 1.807) is 0 Å². The van der Waals surface area contributed by atoms with Crippen molar-refractivity contribution < 1.29 is 9.59 Å². The van der Waals surface area contributed by atoms with Gasteiger partial charge in [-0.25, -0.2) is 0 Å². The molecule has 0 saturated carbocycles. The number of nitrogens with two attached hydrogens (primary N) is 1. The first-order chi connectivity index (χ1) is 18.0. The van der Waals surface area contributed by atoms with E-state index in [2.05, 4.69) is 29.8 Å². The second-order valence-corrected chi connectivity index (χ2v) is 10.7. The van der Waals surface area contributed by atoms with E-state index in [1.807, 2.05) is 0 Å². The SMILES string of the molecule is CCCCCCCCCCCCCCCCCC(=O)NC(CCCNC(=N)N)C(=O)NCCCCCC. The molecular formula is C30H61N5O2. The maximum atomic E-state index is 12.6. The third kappa shape index (κ3) is 25.6. The molecule has 0 aromatic rings. The van der Waals surface area contributed by atoms with E-state index in [0.717, 1.165) is 32.1 Å². The van der Waals surface area contributed by atoms with Crippen LogP contribution >= 0.6 is 0 Å². The minimum Gasteiger partial charge on any atom is -0.370 e. The lowest BCUT2D eigenvalue weighted by atomic mass is 10.0. The number of carbonyl (C=O) groups excluding carboxylic acids is 2. The summed E-state index contributed by atoms with van der Waals surface area (Å²) in [5.41, 5.74) is 5.33. The van der Waals surface area contributed by atoms with Crippen LogP contribution in [0.2, 0.25) is 0 Å². The zero-order valence-electron chi connectivity index (χ0n) is 24.4. The van der Waals surface area contributed by atoms with Gasteiger partial charge in [0.25, 0.3) is 0 Å². The van der Waals surface area contributed by atoms with Crippen molar-refractivity contribution in [1.29, 1.82) is 5.41 Å². The minimum absolute atomic E-state index is 0.0413. The lowest BCUT2D eigenvalue weighted by Gasteiger charge is -2.19. The summed E-state index contributed by atoms with van der Waals surface area (Å²) in [6, 6.07) is -0.524. The van der Waals surface area contributed by atoms with E-state index >= 15 is 0 Å². The molecule has 1 unspecified atom stereocenters. The molecule has 37 heavy (non-hydrogen) atoms. The van der Waals surface area contributed by atoms with Crippen molar-refractivity contribution >= 4 is 17.8 Å². The number of unbranched alkanes of at least 4 members (excludes halogenated alkanes) is 17. The van der Waals surface area contributed by atoms with E-state index in [-0.39, 0.29) is 17.8 Å². The van der Waals surface area contributed by atoms with Crippen LogP contribution in [0.5, 0.6) is 0 Å². The summed E-state index contributed by atoms with van der Waals surface area (Å²) in [7, 11) is 0. The molecule has 0 rings (SSSR count). The van der Waals surface area contributed by atoms with Crippen LogP contribution in [0.4, 0.5) is 0 Å². The molecule has 0 aromatic heterocycles. The monoisotopic (exact) mass is 523 g/mol. The molecule has 7 nitrogen and oxygen atoms in total. The standard InChI is InChI=1S/C30H61N5O2/c1-3-5-7-9-10-11-12-13-14-15-16-17-18-19-20-24-28(36)35-27(23-22-26-34-30(31)32)29(37)33-25-21-8-6-4-2/h27H,3-26H2,1-2H3,(H,33,37)(H,35,36)(H4,31,32,34). The largest absolute Gasteiger partial charge is 0.370 e. The Bertz CT molecular complexity index is 556. The van der Waals surface area contributed by atoms with Crippen molar-refractivity contribution in [3.8, 4) is 0 Å². The van der Waals surface area contributed by atoms with Crippen LogP contribution in [0.1, 0.15) is 155 Å². The van der Waals surface area contributed by atoms with Crippen LogP contribution in [-0.4, -0.2) is 36.9 Å². The van der Waals surface area contributed by atoms with Crippen LogP contribution < -0.4 is 21.7 Å². The Hall–Kier alpha value is -1.79. The number of amides is 2. The van der Waals surface area contributed by atoms with E-state index in [4.69, 9.17) is 11.1 Å². The minimum atomic E-state index is -0.524. The van der Waals surface area contributed by atoms with Gasteiger partial charge in [-0.1, -0.05) is 123 Å². The van der Waals surface area contributed by atoms with Crippen LogP contribution in [0.3, 0.4) is 0 Å². The molecule has 0 aliphatic carbocycles. The molecule has 0 aromatic carbocycles. The van der Waals surface area contributed by atoms with Crippen molar-refractivity contribution in [2.24, 2.45) is 5.73 Å². The van der Waals surface area contributed by atoms with Gasteiger partial charge in [-0.15, -0.1) is 0 Å². The van der Waals surface area contributed by atoms with Gasteiger partial charge in [0.1, 0.15) is 6.04 Å². The normalized spacial score (nSPS) is 11.7. The number of guanidine groups is 1. The van der Waals surface area contributed by atoms with Crippen molar-refractivity contribution in [3.63, 3.8) is 0 Å². The number of carbonyl (C=O) groups is 2. The smallest absolute Gasteiger partial charge is 0.242 e. The number of hydrogen-bond acceptors (Lipinski definition) is 3. The molecule has 2 amide bonds. The average molecular weight is 524 g/mol. The molecule has 0 saturated heterocycles. The van der Waals surface area contributed by atoms with Gasteiger partial charge in [-0.05, 0) is 25.7 Å². The predicted molar refractivity (Wildman–Crippen MR) is 158 cm³/mol. The summed E-state index contributed by atoms with van der Waals surface area (Å²) in [5, 5.41) is 15.9. The zero-order chi connectivity index (χ0) is 27.4. The van der Waals surface area contributed by atoms with Gasteiger partial charge in [0, 0.05) is 19.5 Å². The maximum absolute atomic E-state index is 12.6. The highest BCUT2D eigenvalue weighted by Gasteiger charge is 2.19. The molecule has 0 spiro atoms. The fourth-order valence-electron chi connectivity index (χ4n) is 4.61. The zero-order valence-corrected chi connectivity index (χ0v) is 24.4. The summed E-state index contributed by atoms with van der Waals surface area (Å²) in [6.07, 6.45) is 25.6. The summed E-state index contributed by atoms with van der Waals surface area (Å²) < 4.78 is 0. The van der Waals surface area contributed by atoms with Crippen molar-refractivity contribution in [2.75, 3.05) is 13.1 Å². The van der Waals surface area contributed by atoms with Gasteiger partial charge in [0.2, 0.25) is 11.8 Å². The van der Waals surface area contributed by atoms with E-state index in [9.17, 15) is 9.59 Å². The quantitative estimate of drug-likeness (QED) is 0.0468. The Labute approximate surface area is 228 Å². The molecule has 0 bridgehead atoms. The van der Waals surface area contributed by atoms with Gasteiger partial charge in [0.05, 0.1) is 0 Å². The van der Waals surface area contributed by atoms with Gasteiger partial charge >= 0.3 is 0 Å². The first kappa shape index (κ1) is 35.2. The summed E-state index contributed by atoms with van der Waals surface area (Å²) in [5.74, 6) is -0.223. The van der Waals surface area contributed by atoms with Gasteiger partial charge in [-0.2, -0.15) is 0 Å². The lowest BCUT2D eigenvalue weighted by Crippen LogP contribution is -2.47. The molecule has 0 heterocycles. The van der Waals surface area contributed by atoms with Crippen LogP contribution in [0, 0.1) is 5.41 Å². The van der Waals surface area contributed by atoms with Crippen LogP contribution in [-0.2, 0) is 9.59 Å². The highest BCUT2D eigenvalue weighted by molar-refractivity contribution is 5.87. The topological polar surface area (TPSA) is 120 Å². The summed E-state index contributed by atoms with van der Waals surface area (Å²) >= 11 is 0. The Morgan fingerprint density at radius 1 is 0.622 bits per heavy atom. The third-order valence-electron chi connectivity index (χ3n) is 6.97. The number of rotatable bonds is 27. The molecular weight excluding hydrogens is 462 g/mol. The molecule has 0 radical (unpaired) electrons. The van der Waals surface area contributed by atoms with E-state index in [1.165, 1.54) is 89.9 Å². The highest BCUT2D eigenvalue weighted by Crippen LogP contribution is 2.14. The van der Waals surface area contributed by atoms with Gasteiger partial charge in [-0.3, -0.25) is 15.0 Å². The molecule has 7 heteroatoms. The first-order valence-corrected chi connectivity index (χ1v) is 15.7. The first-order valence-electron chi connectivity index (χ1n) is 15.7. The van der Waals surface area contributed by atoms with E-state index < -0.39 is 6.04 Å². The molecule has 6 N–H and O–H groups in total. The number of hydrogen-bond donors (Lipinski definition) is 5. The molecule has 1 atom stereocenters. The molecule has 0 fully saturated rings. The predicted octanol–water partition coefficient (Wildman–Crippen LogP) is 6.69. The second kappa shape index (κ2) is 27.3. The summed E-state index contributed by atoms with van der Waals surface area (Å²) in [6.45, 7) is 5.60. The highest BCUT2D eigenvalue weighted by atomic mass is 16.2. The van der Waals surface area contributed by atoms with Crippen molar-refractivity contribution in [1.82, 2.24) is 16.0 Å². The Kier molecular flexibility index (Phi) is 25.9. The summed E-state index contributed by atoms with van der Waals surface area (Å²) in [4.78, 5) is 25.1. The van der Waals surface area contributed by atoms with Crippen molar-refractivity contribution in [2.45, 2.75) is 161 Å². The lowest BCUT2D eigenvalue weighted by molar-refractivity contribution is -0.129. The fourth-order valence-corrected chi connectivity index (χ4v) is 4.61. The van der Waals surface area contributed by atoms with Gasteiger partial charge < -0.3 is 21.7 Å². The molecule has 0 aliphatic rings. The van der Waals surface area contributed by atoms with Crippen molar-refractivity contribution in [3.05, 3.63) is 0 Å².